The van der Waals surface area contributed by atoms with Crippen LogP contribution in [-0.4, -0.2) is 21.3 Å². The molecule has 2 aromatic carbocycles. The van der Waals surface area contributed by atoms with Gasteiger partial charge in [0, 0.05) is 11.3 Å². The predicted octanol–water partition coefficient (Wildman–Crippen LogP) is 2.68. The van der Waals surface area contributed by atoms with Crippen molar-refractivity contribution in [3.63, 3.8) is 0 Å². The van der Waals surface area contributed by atoms with Crippen LogP contribution in [0.3, 0.4) is 0 Å². The van der Waals surface area contributed by atoms with Crippen molar-refractivity contribution in [1.29, 1.82) is 0 Å². The van der Waals surface area contributed by atoms with Gasteiger partial charge in [-0.05, 0) is 36.4 Å². The molecule has 6 heteroatoms. The van der Waals surface area contributed by atoms with Crippen LogP contribution in [0.5, 0.6) is 0 Å². The maximum Gasteiger partial charge on any atom is 0.335 e. The normalized spacial score (nSPS) is 10.5. The summed E-state index contributed by atoms with van der Waals surface area (Å²) in [6.45, 7) is 0. The summed E-state index contributed by atoms with van der Waals surface area (Å²) in [5.41, 5.74) is 7.92. The highest BCUT2D eigenvalue weighted by Crippen LogP contribution is 2.27. The van der Waals surface area contributed by atoms with Gasteiger partial charge >= 0.3 is 5.97 Å². The summed E-state index contributed by atoms with van der Waals surface area (Å²) in [6, 6.07) is 13.4. The van der Waals surface area contributed by atoms with Gasteiger partial charge < -0.3 is 15.3 Å². The van der Waals surface area contributed by atoms with Gasteiger partial charge in [0.15, 0.2) is 0 Å². The third-order valence-electron chi connectivity index (χ3n) is 2.99. The molecular weight excluding hydrogens is 270 g/mol. The number of benzene rings is 2. The minimum Gasteiger partial charge on any atom is -0.478 e. The Balaban J connectivity index is 1.95. The highest BCUT2D eigenvalue weighted by atomic mass is 16.4. The van der Waals surface area contributed by atoms with Crippen molar-refractivity contribution in [2.45, 2.75) is 0 Å². The van der Waals surface area contributed by atoms with Crippen LogP contribution in [0.4, 0.5) is 5.69 Å². The molecule has 0 bridgehead atoms. The molecule has 3 rings (SSSR count). The second kappa shape index (κ2) is 5.09. The van der Waals surface area contributed by atoms with E-state index in [-0.39, 0.29) is 5.56 Å². The highest BCUT2D eigenvalue weighted by molar-refractivity contribution is 5.88. The lowest BCUT2D eigenvalue weighted by molar-refractivity contribution is 0.0697. The Morgan fingerprint density at radius 3 is 2.33 bits per heavy atom. The van der Waals surface area contributed by atoms with Gasteiger partial charge in [0.05, 0.1) is 11.1 Å². The minimum absolute atomic E-state index is 0.200. The van der Waals surface area contributed by atoms with Crippen LogP contribution in [0.15, 0.2) is 52.9 Å². The van der Waals surface area contributed by atoms with Crippen molar-refractivity contribution in [2.75, 3.05) is 5.73 Å². The molecule has 0 spiro atoms. The number of carboxylic acid groups (broad SMARTS) is 1. The van der Waals surface area contributed by atoms with Gasteiger partial charge in [-0.15, -0.1) is 10.2 Å². The number of hydrogen-bond acceptors (Lipinski definition) is 5. The van der Waals surface area contributed by atoms with E-state index in [2.05, 4.69) is 10.2 Å². The second-order valence-electron chi connectivity index (χ2n) is 4.38. The summed E-state index contributed by atoms with van der Waals surface area (Å²) in [7, 11) is 0. The monoisotopic (exact) mass is 281 g/mol. The lowest BCUT2D eigenvalue weighted by atomic mass is 10.1. The van der Waals surface area contributed by atoms with Gasteiger partial charge in [0.2, 0.25) is 11.8 Å². The first kappa shape index (κ1) is 12.9. The molecule has 1 heterocycles. The molecule has 0 atom stereocenters. The molecule has 6 nitrogen and oxygen atoms in total. The number of nitrogen functional groups attached to an aromatic ring is 1. The van der Waals surface area contributed by atoms with Crippen LogP contribution in [0.1, 0.15) is 10.4 Å². The largest absolute Gasteiger partial charge is 0.478 e. The molecule has 3 N–H and O–H groups in total. The maximum absolute atomic E-state index is 10.8. The molecule has 0 saturated carbocycles. The number of aromatic nitrogens is 2. The molecule has 0 aliphatic carbocycles. The van der Waals surface area contributed by atoms with E-state index in [1.807, 2.05) is 12.1 Å². The Morgan fingerprint density at radius 1 is 1.00 bits per heavy atom. The Bertz CT molecular complexity index is 794. The zero-order chi connectivity index (χ0) is 14.8. The molecule has 0 unspecified atom stereocenters. The van der Waals surface area contributed by atoms with Gasteiger partial charge in [-0.2, -0.15) is 0 Å². The molecule has 1 aromatic heterocycles. The third kappa shape index (κ3) is 2.46. The van der Waals surface area contributed by atoms with Crippen molar-refractivity contribution in [1.82, 2.24) is 10.2 Å². The number of anilines is 1. The van der Waals surface area contributed by atoms with Crippen LogP contribution in [0.25, 0.3) is 22.9 Å². The SMILES string of the molecule is Nc1ccccc1-c1nnc(-c2ccc(C(=O)O)cc2)o1. The van der Waals surface area contributed by atoms with E-state index in [0.717, 1.165) is 0 Å². The average Bonchev–Trinajstić information content (AvgIpc) is 2.97. The fourth-order valence-corrected chi connectivity index (χ4v) is 1.90. The van der Waals surface area contributed by atoms with Gasteiger partial charge in [-0.25, -0.2) is 4.79 Å². The van der Waals surface area contributed by atoms with Crippen LogP contribution in [0.2, 0.25) is 0 Å². The zero-order valence-electron chi connectivity index (χ0n) is 10.9. The van der Waals surface area contributed by atoms with Crippen molar-refractivity contribution in [3.8, 4) is 22.9 Å². The summed E-state index contributed by atoms with van der Waals surface area (Å²) in [5, 5.41) is 16.8. The first-order valence-corrected chi connectivity index (χ1v) is 6.17. The van der Waals surface area contributed by atoms with Gasteiger partial charge in [-0.3, -0.25) is 0 Å². The Kier molecular flexibility index (Phi) is 3.12. The minimum atomic E-state index is -0.982. The van der Waals surface area contributed by atoms with Crippen LogP contribution < -0.4 is 5.73 Å². The molecule has 104 valence electrons. The molecule has 0 saturated heterocycles. The van der Waals surface area contributed by atoms with E-state index in [9.17, 15) is 4.79 Å². The van der Waals surface area contributed by atoms with E-state index < -0.39 is 5.97 Å². The topological polar surface area (TPSA) is 102 Å². The van der Waals surface area contributed by atoms with E-state index in [1.54, 1.807) is 24.3 Å². The van der Waals surface area contributed by atoms with Crippen LogP contribution >= 0.6 is 0 Å². The predicted molar refractivity (Wildman–Crippen MR) is 76.5 cm³/mol. The standard InChI is InChI=1S/C15H11N3O3/c16-12-4-2-1-3-11(12)14-18-17-13(21-14)9-5-7-10(8-6-9)15(19)20/h1-8H,16H2,(H,19,20). The Morgan fingerprint density at radius 2 is 1.67 bits per heavy atom. The molecule has 0 aliphatic heterocycles. The van der Waals surface area contributed by atoms with Crippen LogP contribution in [-0.2, 0) is 0 Å². The number of nitrogens with two attached hydrogens (primary N) is 1. The lowest BCUT2D eigenvalue weighted by Gasteiger charge is -1.99. The molecule has 0 radical (unpaired) electrons. The molecule has 0 amide bonds. The van der Waals surface area contributed by atoms with Crippen molar-refractivity contribution in [3.05, 3.63) is 54.1 Å². The van der Waals surface area contributed by atoms with E-state index >= 15 is 0 Å². The Hall–Kier alpha value is -3.15. The van der Waals surface area contributed by atoms with E-state index in [4.69, 9.17) is 15.3 Å². The quantitative estimate of drug-likeness (QED) is 0.715. The first-order chi connectivity index (χ1) is 10.1. The highest BCUT2D eigenvalue weighted by Gasteiger charge is 2.13. The van der Waals surface area contributed by atoms with Crippen molar-refractivity contribution in [2.24, 2.45) is 0 Å². The zero-order valence-corrected chi connectivity index (χ0v) is 10.9. The fourth-order valence-electron chi connectivity index (χ4n) is 1.90. The van der Waals surface area contributed by atoms with Gasteiger partial charge in [-0.1, -0.05) is 12.1 Å². The molecule has 0 aliphatic rings. The van der Waals surface area contributed by atoms with Crippen molar-refractivity contribution >= 4 is 11.7 Å². The summed E-state index contributed by atoms with van der Waals surface area (Å²) in [5.74, 6) is -0.347. The third-order valence-corrected chi connectivity index (χ3v) is 2.99. The van der Waals surface area contributed by atoms with E-state index in [0.29, 0.717) is 28.6 Å². The number of rotatable bonds is 3. The summed E-state index contributed by atoms with van der Waals surface area (Å²) < 4.78 is 5.59. The molecule has 3 aromatic rings. The molecule has 21 heavy (non-hydrogen) atoms. The smallest absolute Gasteiger partial charge is 0.335 e. The first-order valence-electron chi connectivity index (χ1n) is 6.17. The molecule has 0 fully saturated rings. The summed E-state index contributed by atoms with van der Waals surface area (Å²) >= 11 is 0. The van der Waals surface area contributed by atoms with Crippen LogP contribution in [0, 0.1) is 0 Å². The number of aromatic carboxylic acids is 1. The van der Waals surface area contributed by atoms with Gasteiger partial charge in [0.1, 0.15) is 0 Å². The summed E-state index contributed by atoms with van der Waals surface area (Å²) in [6.07, 6.45) is 0. The maximum atomic E-state index is 10.8. The van der Waals surface area contributed by atoms with Crippen molar-refractivity contribution < 1.29 is 14.3 Å². The number of carboxylic acids is 1. The Labute approximate surface area is 119 Å². The summed E-state index contributed by atoms with van der Waals surface area (Å²) in [4.78, 5) is 10.8. The number of hydrogen-bond donors (Lipinski definition) is 2. The number of para-hydroxylation sites is 1. The second-order valence-corrected chi connectivity index (χ2v) is 4.38. The average molecular weight is 281 g/mol. The number of carbonyl (C=O) groups is 1. The number of nitrogens with zero attached hydrogens (tertiary/aromatic N) is 2. The lowest BCUT2D eigenvalue weighted by Crippen LogP contribution is -1.94. The fraction of sp³-hybridized carbons (Fsp3) is 0. The van der Waals surface area contributed by atoms with E-state index in [1.165, 1.54) is 12.1 Å². The molecular formula is C15H11N3O3. The van der Waals surface area contributed by atoms with Gasteiger partial charge in [0.25, 0.3) is 0 Å².